The molecule has 0 saturated carbocycles. The van der Waals surface area contributed by atoms with Gasteiger partial charge in [-0.15, -0.1) is 0 Å². The maximum absolute atomic E-state index is 15.1. The second kappa shape index (κ2) is 12.1. The van der Waals surface area contributed by atoms with Crippen molar-refractivity contribution in [2.75, 3.05) is 11.5 Å². The molecule has 0 aliphatic carbocycles. The lowest BCUT2D eigenvalue weighted by atomic mass is 9.91. The quantitative estimate of drug-likeness (QED) is 0.229. The molecular formula is C24H22Cl3F6NO3S. The predicted octanol–water partition coefficient (Wildman–Crippen LogP) is 7.80. The van der Waals surface area contributed by atoms with E-state index < -0.39 is 57.1 Å². The van der Waals surface area contributed by atoms with Crippen LogP contribution in [0.3, 0.4) is 0 Å². The standard InChI is InChI=1S/C24H22Cl3F6NO3S/c1-12-6-14(4-5-16(12)22(35)34-13(2)10-38(36,37)11-24(31,32)33)20(28)9-17(23(3,29)30)15-7-18(25)21(27)19(26)8-15/h4-9,13,17H,10-11H2,1-3H3,(H,34,35)/b20-9-/t13-,17?/m1/s1. The fourth-order valence-corrected chi connectivity index (χ4v) is 5.71. The third kappa shape index (κ3) is 9.07. The molecule has 0 aromatic heterocycles. The van der Waals surface area contributed by atoms with E-state index >= 15 is 4.39 Å². The zero-order valence-electron chi connectivity index (χ0n) is 20.1. The summed E-state index contributed by atoms with van der Waals surface area (Å²) < 4.78 is 105. The molecule has 2 rings (SSSR count). The Morgan fingerprint density at radius 1 is 1.05 bits per heavy atom. The van der Waals surface area contributed by atoms with Crippen LogP contribution in [0, 0.1) is 6.92 Å². The van der Waals surface area contributed by atoms with E-state index in [4.69, 9.17) is 34.8 Å². The van der Waals surface area contributed by atoms with Crippen LogP contribution >= 0.6 is 34.8 Å². The SMILES string of the molecule is Cc1cc(/C(F)=C/C(c2cc(Cl)c(Cl)c(Cl)c2)C(C)(F)F)ccc1C(=O)N[C@H](C)CS(=O)(=O)CC(F)(F)F. The van der Waals surface area contributed by atoms with Crippen LogP contribution in [0.15, 0.2) is 36.4 Å². The minimum Gasteiger partial charge on any atom is -0.349 e. The molecule has 4 nitrogen and oxygen atoms in total. The summed E-state index contributed by atoms with van der Waals surface area (Å²) in [6, 6.07) is 4.67. The lowest BCUT2D eigenvalue weighted by molar-refractivity contribution is -0.106. The number of allylic oxidation sites excluding steroid dienone is 1. The molecule has 14 heteroatoms. The fourth-order valence-electron chi connectivity index (χ4n) is 3.63. The Hall–Kier alpha value is -1.95. The number of benzene rings is 2. The van der Waals surface area contributed by atoms with E-state index in [1.807, 2.05) is 0 Å². The lowest BCUT2D eigenvalue weighted by Gasteiger charge is -2.22. The fraction of sp³-hybridized carbons (Fsp3) is 0.375. The smallest absolute Gasteiger partial charge is 0.349 e. The Morgan fingerprint density at radius 2 is 1.61 bits per heavy atom. The zero-order valence-corrected chi connectivity index (χ0v) is 23.2. The number of aryl methyl sites for hydroxylation is 1. The summed E-state index contributed by atoms with van der Waals surface area (Å²) in [5.74, 6) is -10.0. The molecular weight excluding hydrogens is 603 g/mol. The summed E-state index contributed by atoms with van der Waals surface area (Å²) in [5, 5.41) is 2.06. The molecule has 0 spiro atoms. The first-order valence-electron chi connectivity index (χ1n) is 10.8. The van der Waals surface area contributed by atoms with Crippen LogP contribution in [0.1, 0.15) is 46.8 Å². The van der Waals surface area contributed by atoms with E-state index in [9.17, 15) is 35.2 Å². The Kier molecular flexibility index (Phi) is 10.2. The van der Waals surface area contributed by atoms with Gasteiger partial charge in [-0.3, -0.25) is 4.79 Å². The third-order valence-corrected chi connectivity index (χ3v) is 8.21. The minimum atomic E-state index is -4.92. The van der Waals surface area contributed by atoms with Gasteiger partial charge >= 0.3 is 6.18 Å². The van der Waals surface area contributed by atoms with Crippen molar-refractivity contribution in [1.29, 1.82) is 0 Å². The molecule has 38 heavy (non-hydrogen) atoms. The van der Waals surface area contributed by atoms with Crippen molar-refractivity contribution < 1.29 is 39.6 Å². The van der Waals surface area contributed by atoms with E-state index in [1.54, 1.807) is 0 Å². The zero-order chi connectivity index (χ0) is 29.2. The number of amides is 1. The summed E-state index contributed by atoms with van der Waals surface area (Å²) in [6.45, 7) is 3.23. The first-order chi connectivity index (χ1) is 17.2. The summed E-state index contributed by atoms with van der Waals surface area (Å²) >= 11 is 17.7. The highest BCUT2D eigenvalue weighted by Gasteiger charge is 2.36. The van der Waals surface area contributed by atoms with E-state index in [1.165, 1.54) is 26.0 Å². The van der Waals surface area contributed by atoms with Gasteiger partial charge < -0.3 is 5.32 Å². The van der Waals surface area contributed by atoms with Crippen molar-refractivity contribution in [3.05, 3.63) is 73.7 Å². The average molecular weight is 625 g/mol. The van der Waals surface area contributed by atoms with E-state index in [2.05, 4.69) is 5.32 Å². The molecule has 2 aromatic carbocycles. The number of sulfone groups is 1. The molecule has 2 atom stereocenters. The molecule has 1 unspecified atom stereocenters. The van der Waals surface area contributed by atoms with Crippen molar-refractivity contribution in [2.45, 2.75) is 44.8 Å². The average Bonchev–Trinajstić information content (AvgIpc) is 2.71. The maximum atomic E-state index is 15.1. The van der Waals surface area contributed by atoms with Crippen LogP contribution in [0.5, 0.6) is 0 Å². The Labute approximate surface area is 230 Å². The van der Waals surface area contributed by atoms with Gasteiger partial charge in [0.05, 0.1) is 26.7 Å². The summed E-state index contributed by atoms with van der Waals surface area (Å²) in [6.07, 6.45) is -4.24. The molecule has 0 saturated heterocycles. The summed E-state index contributed by atoms with van der Waals surface area (Å²) in [7, 11) is -4.53. The van der Waals surface area contributed by atoms with Gasteiger partial charge in [0.25, 0.3) is 11.8 Å². The molecule has 1 amide bonds. The Balaban J connectivity index is 2.28. The van der Waals surface area contributed by atoms with Crippen molar-refractivity contribution in [3.8, 4) is 0 Å². The topological polar surface area (TPSA) is 63.2 Å². The van der Waals surface area contributed by atoms with E-state index in [0.717, 1.165) is 18.2 Å². The van der Waals surface area contributed by atoms with Crippen LogP contribution in [0.4, 0.5) is 26.3 Å². The minimum absolute atomic E-state index is 0.0183. The van der Waals surface area contributed by atoms with Crippen molar-refractivity contribution >= 4 is 56.4 Å². The molecule has 0 radical (unpaired) electrons. The van der Waals surface area contributed by atoms with Gasteiger partial charge in [-0.2, -0.15) is 13.2 Å². The number of nitrogens with one attached hydrogen (secondary N) is 1. The number of carbonyl (C=O) groups is 1. The first kappa shape index (κ1) is 32.3. The highest BCUT2D eigenvalue weighted by atomic mass is 35.5. The van der Waals surface area contributed by atoms with Gasteiger partial charge in [0.1, 0.15) is 11.6 Å². The number of hydrogen-bond acceptors (Lipinski definition) is 3. The number of hydrogen-bond donors (Lipinski definition) is 1. The number of halogens is 9. The van der Waals surface area contributed by atoms with Crippen LogP contribution in [0.25, 0.3) is 5.83 Å². The highest BCUT2D eigenvalue weighted by molar-refractivity contribution is 7.91. The van der Waals surface area contributed by atoms with Crippen molar-refractivity contribution in [1.82, 2.24) is 5.32 Å². The van der Waals surface area contributed by atoms with Gasteiger partial charge in [0.2, 0.25) is 0 Å². The van der Waals surface area contributed by atoms with Crippen molar-refractivity contribution in [3.63, 3.8) is 0 Å². The van der Waals surface area contributed by atoms with Crippen LogP contribution in [0.2, 0.25) is 15.1 Å². The van der Waals surface area contributed by atoms with Crippen LogP contribution < -0.4 is 5.32 Å². The summed E-state index contributed by atoms with van der Waals surface area (Å²) in [5.41, 5.74) is -0.0453. The van der Waals surface area contributed by atoms with Gasteiger partial charge in [0, 0.05) is 24.1 Å². The van der Waals surface area contributed by atoms with Gasteiger partial charge in [-0.25, -0.2) is 21.6 Å². The molecule has 0 fully saturated rings. The molecule has 1 N–H and O–H groups in total. The highest BCUT2D eigenvalue weighted by Crippen LogP contribution is 2.41. The van der Waals surface area contributed by atoms with E-state index in [0.29, 0.717) is 13.0 Å². The molecule has 0 aliphatic rings. The molecule has 2 aromatic rings. The Bertz CT molecular complexity index is 1320. The third-order valence-electron chi connectivity index (χ3n) is 5.24. The van der Waals surface area contributed by atoms with Gasteiger partial charge in [-0.1, -0.05) is 40.9 Å². The maximum Gasteiger partial charge on any atom is 0.402 e. The summed E-state index contributed by atoms with van der Waals surface area (Å²) in [4.78, 5) is 12.5. The number of rotatable bonds is 9. The van der Waals surface area contributed by atoms with Crippen LogP contribution in [-0.4, -0.2) is 44.0 Å². The monoisotopic (exact) mass is 623 g/mol. The largest absolute Gasteiger partial charge is 0.402 e. The van der Waals surface area contributed by atoms with Gasteiger partial charge in [-0.05, 0) is 55.3 Å². The van der Waals surface area contributed by atoms with Gasteiger partial charge in [0.15, 0.2) is 9.84 Å². The first-order valence-corrected chi connectivity index (χ1v) is 13.7. The molecule has 0 aliphatic heterocycles. The molecule has 0 bridgehead atoms. The van der Waals surface area contributed by atoms with Crippen LogP contribution in [-0.2, 0) is 9.84 Å². The van der Waals surface area contributed by atoms with Crippen molar-refractivity contribution in [2.24, 2.45) is 0 Å². The number of carbonyl (C=O) groups excluding carboxylic acids is 1. The second-order valence-corrected chi connectivity index (χ2v) is 12.1. The molecule has 0 heterocycles. The lowest BCUT2D eigenvalue weighted by Crippen LogP contribution is -2.40. The predicted molar refractivity (Wildman–Crippen MR) is 137 cm³/mol. The molecule has 210 valence electrons. The van der Waals surface area contributed by atoms with E-state index in [-0.39, 0.29) is 37.3 Å². The Morgan fingerprint density at radius 3 is 2.08 bits per heavy atom. The normalized spacial score (nSPS) is 14.8. The number of alkyl halides is 5. The second-order valence-electron chi connectivity index (χ2n) is 8.82.